The molecule has 0 aromatic heterocycles. The minimum absolute atomic E-state index is 0.0264. The Balaban J connectivity index is 1.64. The minimum Gasteiger partial charge on any atom is -0.491 e. The van der Waals surface area contributed by atoms with Crippen molar-refractivity contribution in [3.05, 3.63) is 24.3 Å². The second-order valence-corrected chi connectivity index (χ2v) is 7.65. The van der Waals surface area contributed by atoms with E-state index in [9.17, 15) is 0 Å². The van der Waals surface area contributed by atoms with Gasteiger partial charge in [-0.25, -0.2) is 0 Å². The molecular formula is C26H47NO11. The summed E-state index contributed by atoms with van der Waals surface area (Å²) in [5, 5.41) is 8.56. The third kappa shape index (κ3) is 24.7. The van der Waals surface area contributed by atoms with Gasteiger partial charge in [0.25, 0.3) is 0 Å². The Labute approximate surface area is 226 Å². The van der Waals surface area contributed by atoms with Crippen LogP contribution in [0, 0.1) is 0 Å². The van der Waals surface area contributed by atoms with Gasteiger partial charge >= 0.3 is 0 Å². The number of nitrogen functional groups attached to an aromatic ring is 1. The number of hydrogen-bond donors (Lipinski definition) is 2. The largest absolute Gasteiger partial charge is 0.491 e. The van der Waals surface area contributed by atoms with Crippen LogP contribution in [0.2, 0.25) is 0 Å². The summed E-state index contributed by atoms with van der Waals surface area (Å²) in [6.07, 6.45) is 0. The first kappa shape index (κ1) is 34.4. The normalized spacial score (nSPS) is 11.3. The van der Waals surface area contributed by atoms with Crippen molar-refractivity contribution in [2.75, 3.05) is 138 Å². The Morgan fingerprint density at radius 3 is 0.947 bits per heavy atom. The molecule has 0 saturated carbocycles. The van der Waals surface area contributed by atoms with Crippen molar-refractivity contribution in [3.8, 4) is 5.75 Å². The van der Waals surface area contributed by atoms with E-state index in [1.807, 2.05) is 12.1 Å². The molecule has 0 aliphatic carbocycles. The first-order chi connectivity index (χ1) is 18.8. The summed E-state index contributed by atoms with van der Waals surface area (Å²) in [6, 6.07) is 7.26. The summed E-state index contributed by atoms with van der Waals surface area (Å²) in [7, 11) is 0. The van der Waals surface area contributed by atoms with Gasteiger partial charge in [0.1, 0.15) is 12.4 Å². The fraction of sp³-hybridized carbons (Fsp3) is 0.769. The molecule has 0 spiro atoms. The molecular weight excluding hydrogens is 502 g/mol. The van der Waals surface area contributed by atoms with Crippen molar-refractivity contribution in [2.24, 2.45) is 0 Å². The van der Waals surface area contributed by atoms with Gasteiger partial charge in [0, 0.05) is 5.69 Å². The maximum Gasteiger partial charge on any atom is 0.119 e. The van der Waals surface area contributed by atoms with Crippen LogP contribution in [0.1, 0.15) is 0 Å². The summed E-state index contributed by atoms with van der Waals surface area (Å²) in [5.41, 5.74) is 6.34. The van der Waals surface area contributed by atoms with Crippen LogP contribution in [-0.2, 0) is 42.6 Å². The topological polar surface area (TPSA) is 139 Å². The predicted octanol–water partition coefficient (Wildman–Crippen LogP) is 0.789. The van der Waals surface area contributed by atoms with E-state index in [1.54, 1.807) is 12.1 Å². The van der Waals surface area contributed by atoms with Gasteiger partial charge in [0.15, 0.2) is 0 Å². The number of nitrogens with two attached hydrogens (primary N) is 1. The Morgan fingerprint density at radius 2 is 0.658 bits per heavy atom. The van der Waals surface area contributed by atoms with Gasteiger partial charge in [-0.1, -0.05) is 0 Å². The number of rotatable bonds is 30. The zero-order valence-electron chi connectivity index (χ0n) is 22.6. The van der Waals surface area contributed by atoms with E-state index in [4.69, 9.17) is 58.2 Å². The molecule has 0 radical (unpaired) electrons. The second-order valence-electron chi connectivity index (χ2n) is 7.65. The van der Waals surface area contributed by atoms with Crippen LogP contribution in [0.3, 0.4) is 0 Å². The average molecular weight is 550 g/mol. The number of anilines is 1. The quantitative estimate of drug-likeness (QED) is 0.104. The molecule has 0 aliphatic heterocycles. The number of hydrogen-bond acceptors (Lipinski definition) is 12. The molecule has 222 valence electrons. The Hall–Kier alpha value is -1.58. The monoisotopic (exact) mass is 549 g/mol. The zero-order valence-corrected chi connectivity index (χ0v) is 22.6. The summed E-state index contributed by atoms with van der Waals surface area (Å²) < 4.78 is 54.0. The summed E-state index contributed by atoms with van der Waals surface area (Å²) in [6.45, 7) is 9.40. The van der Waals surface area contributed by atoms with Gasteiger partial charge in [-0.15, -0.1) is 0 Å². The predicted molar refractivity (Wildman–Crippen MR) is 141 cm³/mol. The first-order valence-electron chi connectivity index (χ1n) is 13.1. The van der Waals surface area contributed by atoms with Crippen molar-refractivity contribution in [1.82, 2.24) is 0 Å². The molecule has 0 heterocycles. The smallest absolute Gasteiger partial charge is 0.119 e. The standard InChI is InChI=1S/C26H47NO11/c27-25-1-3-26(4-2-25)38-24-23-37-22-21-36-20-19-35-18-17-34-16-15-33-14-13-32-12-11-31-10-9-30-8-7-29-6-5-28/h1-4,28H,5-24,27H2. The Morgan fingerprint density at radius 1 is 0.395 bits per heavy atom. The van der Waals surface area contributed by atoms with Gasteiger partial charge in [-0.2, -0.15) is 0 Å². The highest BCUT2D eigenvalue weighted by Gasteiger charge is 1.96. The van der Waals surface area contributed by atoms with Gasteiger partial charge in [0.05, 0.1) is 126 Å². The van der Waals surface area contributed by atoms with Crippen molar-refractivity contribution in [1.29, 1.82) is 0 Å². The summed E-state index contributed by atoms with van der Waals surface area (Å²) in [5.74, 6) is 0.772. The molecule has 3 N–H and O–H groups in total. The fourth-order valence-corrected chi connectivity index (χ4v) is 2.71. The van der Waals surface area contributed by atoms with Gasteiger partial charge < -0.3 is 58.2 Å². The molecule has 1 rings (SSSR count). The molecule has 0 fully saturated rings. The second kappa shape index (κ2) is 28.4. The van der Waals surface area contributed by atoms with E-state index in [-0.39, 0.29) is 6.61 Å². The lowest BCUT2D eigenvalue weighted by atomic mass is 10.3. The van der Waals surface area contributed by atoms with Crippen molar-refractivity contribution >= 4 is 5.69 Å². The maximum absolute atomic E-state index is 8.56. The van der Waals surface area contributed by atoms with Crippen molar-refractivity contribution in [2.45, 2.75) is 0 Å². The Kier molecular flexibility index (Phi) is 25.8. The van der Waals surface area contributed by atoms with E-state index in [0.29, 0.717) is 131 Å². The van der Waals surface area contributed by atoms with E-state index in [0.717, 1.165) is 5.75 Å². The molecule has 0 unspecified atom stereocenters. The van der Waals surface area contributed by atoms with Crippen LogP contribution >= 0.6 is 0 Å². The van der Waals surface area contributed by atoms with Crippen LogP contribution in [-0.4, -0.2) is 137 Å². The van der Waals surface area contributed by atoms with Gasteiger partial charge in [0.2, 0.25) is 0 Å². The third-order valence-electron chi connectivity index (χ3n) is 4.59. The highest BCUT2D eigenvalue weighted by atomic mass is 16.6. The highest BCUT2D eigenvalue weighted by Crippen LogP contribution is 2.12. The maximum atomic E-state index is 8.56. The molecule has 0 atom stereocenters. The van der Waals surface area contributed by atoms with E-state index < -0.39 is 0 Å². The number of benzene rings is 1. The SMILES string of the molecule is Nc1ccc(OCCOCCOCCOCCOCCOCCOCCOCCOCCOCCO)cc1. The Bertz CT molecular complexity index is 595. The first-order valence-corrected chi connectivity index (χ1v) is 13.1. The fourth-order valence-electron chi connectivity index (χ4n) is 2.71. The zero-order chi connectivity index (χ0) is 27.2. The molecule has 38 heavy (non-hydrogen) atoms. The lowest BCUT2D eigenvalue weighted by Crippen LogP contribution is -2.15. The van der Waals surface area contributed by atoms with Crippen LogP contribution < -0.4 is 10.5 Å². The molecule has 12 nitrogen and oxygen atoms in total. The van der Waals surface area contributed by atoms with Crippen molar-refractivity contribution < 1.29 is 52.5 Å². The molecule has 12 heteroatoms. The molecule has 0 aliphatic rings. The molecule has 0 bridgehead atoms. The number of ether oxygens (including phenoxy) is 10. The van der Waals surface area contributed by atoms with Crippen LogP contribution in [0.25, 0.3) is 0 Å². The summed E-state index contributed by atoms with van der Waals surface area (Å²) in [4.78, 5) is 0. The average Bonchev–Trinajstić information content (AvgIpc) is 2.93. The van der Waals surface area contributed by atoms with E-state index in [2.05, 4.69) is 0 Å². The lowest BCUT2D eigenvalue weighted by molar-refractivity contribution is -0.0258. The van der Waals surface area contributed by atoms with Gasteiger partial charge in [-0.05, 0) is 24.3 Å². The van der Waals surface area contributed by atoms with Crippen molar-refractivity contribution in [3.63, 3.8) is 0 Å². The van der Waals surface area contributed by atoms with E-state index >= 15 is 0 Å². The minimum atomic E-state index is 0.0264. The van der Waals surface area contributed by atoms with Crippen LogP contribution in [0.4, 0.5) is 5.69 Å². The van der Waals surface area contributed by atoms with E-state index in [1.165, 1.54) is 0 Å². The molecule has 0 saturated heterocycles. The lowest BCUT2D eigenvalue weighted by Gasteiger charge is -2.09. The molecule has 1 aromatic rings. The third-order valence-corrected chi connectivity index (χ3v) is 4.59. The molecule has 0 amide bonds. The van der Waals surface area contributed by atoms with Crippen LogP contribution in [0.5, 0.6) is 5.75 Å². The number of aliphatic hydroxyl groups excluding tert-OH is 1. The molecule has 1 aromatic carbocycles. The van der Waals surface area contributed by atoms with Gasteiger partial charge in [-0.3, -0.25) is 0 Å². The summed E-state index contributed by atoms with van der Waals surface area (Å²) >= 11 is 0. The number of aliphatic hydroxyl groups is 1. The highest BCUT2D eigenvalue weighted by molar-refractivity contribution is 5.41. The van der Waals surface area contributed by atoms with Crippen LogP contribution in [0.15, 0.2) is 24.3 Å².